The fourth-order valence-electron chi connectivity index (χ4n) is 1.90. The zero-order chi connectivity index (χ0) is 13.8. The highest BCUT2D eigenvalue weighted by molar-refractivity contribution is 5.76. The third kappa shape index (κ3) is 3.08. The maximum Gasteiger partial charge on any atom is 0.222 e. The molecule has 0 aromatic carbocycles. The van der Waals surface area contributed by atoms with E-state index in [2.05, 4.69) is 15.5 Å². The normalized spacial score (nSPS) is 14.3. The fraction of sp³-hybridized carbons (Fsp3) is 0.462. The van der Waals surface area contributed by atoms with Crippen molar-refractivity contribution < 1.29 is 4.79 Å². The largest absolute Gasteiger partial charge is 0.346 e. The average molecular weight is 261 g/mol. The van der Waals surface area contributed by atoms with Gasteiger partial charge in [-0.15, -0.1) is 10.2 Å². The van der Waals surface area contributed by atoms with E-state index in [0.29, 0.717) is 12.2 Å². The number of nitrogens with two attached hydrogens (primary N) is 1. The number of nitrogens with zero attached hydrogens (tertiary/aromatic N) is 3. The molecule has 0 aliphatic rings. The molecule has 2 unspecified atom stereocenters. The summed E-state index contributed by atoms with van der Waals surface area (Å²) in [6.07, 6.45) is 3.00. The fourth-order valence-corrected chi connectivity index (χ4v) is 1.90. The van der Waals surface area contributed by atoms with Crippen molar-refractivity contribution in [2.24, 2.45) is 5.73 Å². The van der Waals surface area contributed by atoms with Crippen molar-refractivity contribution in [1.29, 1.82) is 0 Å². The van der Waals surface area contributed by atoms with Crippen LogP contribution in [0.5, 0.6) is 0 Å². The van der Waals surface area contributed by atoms with E-state index in [1.54, 1.807) is 0 Å². The Hall–Kier alpha value is -1.95. The Balaban J connectivity index is 2.07. The van der Waals surface area contributed by atoms with E-state index >= 15 is 0 Å². The lowest BCUT2D eigenvalue weighted by Gasteiger charge is -2.14. The first-order valence-electron chi connectivity index (χ1n) is 6.46. The highest BCUT2D eigenvalue weighted by atomic mass is 16.1. The minimum atomic E-state index is -0.200. The van der Waals surface area contributed by atoms with Gasteiger partial charge in [-0.25, -0.2) is 0 Å². The lowest BCUT2D eigenvalue weighted by Crippen LogP contribution is -2.33. The van der Waals surface area contributed by atoms with Crippen LogP contribution in [0, 0.1) is 0 Å². The average Bonchev–Trinajstić information content (AvgIpc) is 2.82. The van der Waals surface area contributed by atoms with Crippen LogP contribution >= 0.6 is 0 Å². The van der Waals surface area contributed by atoms with Gasteiger partial charge < -0.3 is 11.1 Å². The van der Waals surface area contributed by atoms with Crippen molar-refractivity contribution in [1.82, 2.24) is 19.9 Å². The third-order valence-electron chi connectivity index (χ3n) is 3.08. The smallest absolute Gasteiger partial charge is 0.222 e. The summed E-state index contributed by atoms with van der Waals surface area (Å²) in [7, 11) is 0. The van der Waals surface area contributed by atoms with Crippen molar-refractivity contribution in [2.75, 3.05) is 0 Å². The molecule has 2 atom stereocenters. The number of fused-ring (bicyclic) bond motifs is 1. The molecule has 0 aliphatic heterocycles. The number of pyridine rings is 1. The highest BCUT2D eigenvalue weighted by Crippen LogP contribution is 2.11. The number of hydrogen-bond donors (Lipinski definition) is 2. The molecule has 3 N–H and O–H groups in total. The van der Waals surface area contributed by atoms with E-state index in [4.69, 9.17) is 5.73 Å². The zero-order valence-corrected chi connectivity index (χ0v) is 11.2. The zero-order valence-electron chi connectivity index (χ0n) is 11.2. The molecule has 0 saturated carbocycles. The number of nitrogens with one attached hydrogen (secondary N) is 1. The first-order valence-corrected chi connectivity index (χ1v) is 6.46. The van der Waals surface area contributed by atoms with E-state index in [-0.39, 0.29) is 18.0 Å². The molecule has 0 aliphatic carbocycles. The number of hydrogen-bond acceptors (Lipinski definition) is 4. The van der Waals surface area contributed by atoms with Crippen LogP contribution in [0.25, 0.3) is 5.65 Å². The molecular formula is C13H19N5O. The first-order chi connectivity index (χ1) is 9.11. The number of amides is 1. The summed E-state index contributed by atoms with van der Waals surface area (Å²) in [5, 5.41) is 11.1. The first kappa shape index (κ1) is 13.5. The molecular weight excluding hydrogens is 242 g/mol. The van der Waals surface area contributed by atoms with Crippen LogP contribution in [0.4, 0.5) is 0 Å². The van der Waals surface area contributed by atoms with Gasteiger partial charge in [0.25, 0.3) is 0 Å². The van der Waals surface area contributed by atoms with Crippen molar-refractivity contribution >= 4 is 11.6 Å². The predicted molar refractivity (Wildman–Crippen MR) is 72.4 cm³/mol. The number of rotatable bonds is 5. The molecule has 2 aromatic rings. The minimum absolute atomic E-state index is 0.0606. The number of aromatic nitrogens is 3. The summed E-state index contributed by atoms with van der Waals surface area (Å²) in [5.74, 6) is 0.656. The molecule has 0 spiro atoms. The van der Waals surface area contributed by atoms with E-state index in [0.717, 1.165) is 12.1 Å². The second kappa shape index (κ2) is 5.79. The molecule has 2 rings (SSSR count). The molecule has 102 valence electrons. The van der Waals surface area contributed by atoms with Gasteiger partial charge in [0.05, 0.1) is 6.04 Å². The molecule has 6 nitrogen and oxygen atoms in total. The Morgan fingerprint density at radius 2 is 2.26 bits per heavy atom. The second-order valence-electron chi connectivity index (χ2n) is 4.65. The topological polar surface area (TPSA) is 85.3 Å². The molecule has 1 amide bonds. The Morgan fingerprint density at radius 3 is 3.00 bits per heavy atom. The van der Waals surface area contributed by atoms with E-state index < -0.39 is 0 Å². The van der Waals surface area contributed by atoms with Crippen LogP contribution in [0.15, 0.2) is 24.4 Å². The molecule has 19 heavy (non-hydrogen) atoms. The van der Waals surface area contributed by atoms with Crippen LogP contribution in [0.3, 0.4) is 0 Å². The lowest BCUT2D eigenvalue weighted by molar-refractivity contribution is -0.122. The van der Waals surface area contributed by atoms with Gasteiger partial charge in [-0.3, -0.25) is 9.20 Å². The Labute approximate surface area is 112 Å². The van der Waals surface area contributed by atoms with Gasteiger partial charge in [-0.1, -0.05) is 13.0 Å². The van der Waals surface area contributed by atoms with Crippen LogP contribution in [0.2, 0.25) is 0 Å². The molecule has 2 aromatic heterocycles. The Bertz CT molecular complexity index is 565. The van der Waals surface area contributed by atoms with Crippen LogP contribution in [0.1, 0.15) is 38.6 Å². The van der Waals surface area contributed by atoms with Crippen molar-refractivity contribution in [3.63, 3.8) is 0 Å². The Morgan fingerprint density at radius 1 is 1.47 bits per heavy atom. The molecule has 0 radical (unpaired) electrons. The molecule has 6 heteroatoms. The maximum absolute atomic E-state index is 11.8. The van der Waals surface area contributed by atoms with Gasteiger partial charge in [0.2, 0.25) is 5.91 Å². The van der Waals surface area contributed by atoms with Crippen LogP contribution in [-0.2, 0) is 4.79 Å². The monoisotopic (exact) mass is 261 g/mol. The minimum Gasteiger partial charge on any atom is -0.346 e. The SMILES string of the molecule is CCC(N)CC(=O)NC(C)c1nnc2ccccn12. The number of carbonyl (C=O) groups is 1. The second-order valence-corrected chi connectivity index (χ2v) is 4.65. The van der Waals surface area contributed by atoms with Gasteiger partial charge >= 0.3 is 0 Å². The quantitative estimate of drug-likeness (QED) is 0.842. The van der Waals surface area contributed by atoms with Crippen molar-refractivity contribution in [2.45, 2.75) is 38.8 Å². The van der Waals surface area contributed by atoms with E-state index in [1.807, 2.05) is 42.6 Å². The van der Waals surface area contributed by atoms with E-state index in [1.165, 1.54) is 0 Å². The summed E-state index contributed by atoms with van der Waals surface area (Å²) < 4.78 is 1.87. The summed E-state index contributed by atoms with van der Waals surface area (Å²) in [6.45, 7) is 3.85. The van der Waals surface area contributed by atoms with Gasteiger partial charge in [-0.05, 0) is 25.5 Å². The maximum atomic E-state index is 11.8. The highest BCUT2D eigenvalue weighted by Gasteiger charge is 2.16. The van der Waals surface area contributed by atoms with Gasteiger partial charge in [0.1, 0.15) is 0 Å². The van der Waals surface area contributed by atoms with Crippen molar-refractivity contribution in [3.8, 4) is 0 Å². The van der Waals surface area contributed by atoms with Gasteiger partial charge in [0, 0.05) is 18.7 Å². The summed E-state index contributed by atoms with van der Waals surface area (Å²) in [4.78, 5) is 11.8. The molecule has 0 bridgehead atoms. The standard InChI is InChI=1S/C13H19N5O/c1-3-10(14)8-12(19)15-9(2)13-17-16-11-6-4-5-7-18(11)13/h4-7,9-10H,3,8,14H2,1-2H3,(H,15,19). The van der Waals surface area contributed by atoms with Crippen LogP contribution in [-0.4, -0.2) is 26.5 Å². The number of carbonyl (C=O) groups excluding carboxylic acids is 1. The van der Waals surface area contributed by atoms with Gasteiger partial charge in [-0.2, -0.15) is 0 Å². The lowest BCUT2D eigenvalue weighted by atomic mass is 10.1. The molecule has 0 saturated heterocycles. The van der Waals surface area contributed by atoms with Crippen LogP contribution < -0.4 is 11.1 Å². The van der Waals surface area contributed by atoms with Gasteiger partial charge in [0.15, 0.2) is 11.5 Å². The molecule has 0 fully saturated rings. The van der Waals surface area contributed by atoms with Crippen molar-refractivity contribution in [3.05, 3.63) is 30.2 Å². The summed E-state index contributed by atoms with van der Waals surface area (Å²) in [5.41, 5.74) is 6.53. The Kier molecular flexibility index (Phi) is 4.11. The molecule has 2 heterocycles. The van der Waals surface area contributed by atoms with E-state index in [9.17, 15) is 4.79 Å². The summed E-state index contributed by atoms with van der Waals surface area (Å²) >= 11 is 0. The third-order valence-corrected chi connectivity index (χ3v) is 3.08. The predicted octanol–water partition coefficient (Wildman–Crippen LogP) is 1.03. The summed E-state index contributed by atoms with van der Waals surface area (Å²) in [6, 6.07) is 5.38.